The minimum absolute atomic E-state index is 0.0531. The Labute approximate surface area is 131 Å². The van der Waals surface area contributed by atoms with E-state index in [2.05, 4.69) is 4.98 Å². The first kappa shape index (κ1) is 16.5. The van der Waals surface area contributed by atoms with Crippen LogP contribution in [0.3, 0.4) is 0 Å². The van der Waals surface area contributed by atoms with Gasteiger partial charge in [0.15, 0.2) is 0 Å². The first-order chi connectivity index (χ1) is 10.4. The van der Waals surface area contributed by atoms with Crippen molar-refractivity contribution in [3.05, 3.63) is 51.5 Å². The molecule has 1 atom stereocenters. The van der Waals surface area contributed by atoms with Gasteiger partial charge < -0.3 is 4.74 Å². The SMILES string of the molecule is COC(=O)[C@@H](c1cc(F)ccc1F)N(C)Cc1nc(C)cs1. The van der Waals surface area contributed by atoms with E-state index in [9.17, 15) is 13.6 Å². The summed E-state index contributed by atoms with van der Waals surface area (Å²) in [6.07, 6.45) is 0. The standard InChI is InChI=1S/C15H16F2N2O2S/c1-9-8-22-13(18-9)7-19(2)14(15(20)21-3)11-6-10(16)4-5-12(11)17/h4-6,8,14H,7H2,1-3H3/t14-/m1/s1. The van der Waals surface area contributed by atoms with Crippen molar-refractivity contribution in [2.45, 2.75) is 19.5 Å². The summed E-state index contributed by atoms with van der Waals surface area (Å²) in [5.41, 5.74) is 0.822. The molecule has 0 aliphatic heterocycles. The number of halogens is 2. The lowest BCUT2D eigenvalue weighted by molar-refractivity contribution is -0.147. The van der Waals surface area contributed by atoms with Crippen molar-refractivity contribution in [2.75, 3.05) is 14.2 Å². The number of hydrogen-bond acceptors (Lipinski definition) is 5. The summed E-state index contributed by atoms with van der Waals surface area (Å²) in [7, 11) is 2.86. The molecular weight excluding hydrogens is 310 g/mol. The highest BCUT2D eigenvalue weighted by Gasteiger charge is 2.29. The van der Waals surface area contributed by atoms with Crippen LogP contribution in [0.1, 0.15) is 22.3 Å². The maximum atomic E-state index is 14.0. The number of aryl methyl sites for hydroxylation is 1. The van der Waals surface area contributed by atoms with Crippen LogP contribution < -0.4 is 0 Å². The van der Waals surface area contributed by atoms with E-state index < -0.39 is 23.6 Å². The van der Waals surface area contributed by atoms with Gasteiger partial charge in [0.25, 0.3) is 0 Å². The van der Waals surface area contributed by atoms with Crippen molar-refractivity contribution < 1.29 is 18.3 Å². The normalized spacial score (nSPS) is 12.5. The third-order valence-corrected chi connectivity index (χ3v) is 4.12. The second-order valence-corrected chi connectivity index (χ2v) is 5.83. The Morgan fingerprint density at radius 1 is 1.45 bits per heavy atom. The van der Waals surface area contributed by atoms with Crippen molar-refractivity contribution in [3.8, 4) is 0 Å². The number of benzene rings is 1. The number of hydrogen-bond donors (Lipinski definition) is 0. The topological polar surface area (TPSA) is 42.4 Å². The third kappa shape index (κ3) is 3.66. The van der Waals surface area contributed by atoms with Crippen LogP contribution in [-0.4, -0.2) is 30.0 Å². The number of likely N-dealkylation sites (N-methyl/N-ethyl adjacent to an activating group) is 1. The van der Waals surface area contributed by atoms with E-state index in [4.69, 9.17) is 4.74 Å². The number of nitrogens with zero attached hydrogens (tertiary/aromatic N) is 2. The van der Waals surface area contributed by atoms with Gasteiger partial charge in [0.05, 0.1) is 13.7 Å². The average molecular weight is 326 g/mol. The summed E-state index contributed by atoms with van der Waals surface area (Å²) in [6.45, 7) is 2.19. The highest BCUT2D eigenvalue weighted by atomic mass is 32.1. The van der Waals surface area contributed by atoms with Crippen molar-refractivity contribution in [2.24, 2.45) is 0 Å². The molecule has 7 heteroatoms. The van der Waals surface area contributed by atoms with Gasteiger partial charge >= 0.3 is 5.97 Å². The van der Waals surface area contributed by atoms with Crippen LogP contribution in [0.4, 0.5) is 8.78 Å². The Morgan fingerprint density at radius 2 is 2.18 bits per heavy atom. The van der Waals surface area contributed by atoms with Crippen LogP contribution in [0.5, 0.6) is 0 Å². The van der Waals surface area contributed by atoms with Gasteiger partial charge in [0.2, 0.25) is 0 Å². The van der Waals surface area contributed by atoms with E-state index in [0.717, 1.165) is 28.9 Å². The summed E-state index contributed by atoms with van der Waals surface area (Å²) in [4.78, 5) is 17.9. The number of thiazole rings is 1. The molecule has 0 aliphatic carbocycles. The van der Waals surface area contributed by atoms with E-state index in [1.165, 1.54) is 18.4 Å². The summed E-state index contributed by atoms with van der Waals surface area (Å²) in [5.74, 6) is -1.91. The molecule has 22 heavy (non-hydrogen) atoms. The van der Waals surface area contributed by atoms with Crippen LogP contribution in [0, 0.1) is 18.6 Å². The molecule has 1 heterocycles. The van der Waals surface area contributed by atoms with Crippen molar-refractivity contribution in [3.63, 3.8) is 0 Å². The molecule has 0 aliphatic rings. The minimum Gasteiger partial charge on any atom is -0.468 e. The molecule has 2 aromatic rings. The Hall–Kier alpha value is -1.86. The van der Waals surface area contributed by atoms with Crippen LogP contribution in [0.25, 0.3) is 0 Å². The molecule has 1 aromatic carbocycles. The van der Waals surface area contributed by atoms with Crippen molar-refractivity contribution >= 4 is 17.3 Å². The lowest BCUT2D eigenvalue weighted by atomic mass is 10.0. The smallest absolute Gasteiger partial charge is 0.327 e. The number of ether oxygens (including phenoxy) is 1. The zero-order valence-corrected chi connectivity index (χ0v) is 13.3. The molecule has 0 unspecified atom stereocenters. The van der Waals surface area contributed by atoms with Gasteiger partial charge in [-0.15, -0.1) is 11.3 Å². The first-order valence-corrected chi connectivity index (χ1v) is 7.44. The first-order valence-electron chi connectivity index (χ1n) is 6.56. The molecule has 0 saturated heterocycles. The maximum Gasteiger partial charge on any atom is 0.327 e. The average Bonchev–Trinajstić information content (AvgIpc) is 2.87. The summed E-state index contributed by atoms with van der Waals surface area (Å²) >= 11 is 1.44. The highest BCUT2D eigenvalue weighted by Crippen LogP contribution is 2.26. The lowest BCUT2D eigenvalue weighted by Gasteiger charge is -2.25. The van der Waals surface area contributed by atoms with Crippen LogP contribution >= 0.6 is 11.3 Å². The van der Waals surface area contributed by atoms with Gasteiger partial charge in [-0.1, -0.05) is 0 Å². The Kier molecular flexibility index (Phi) is 5.20. The van der Waals surface area contributed by atoms with E-state index in [1.807, 2.05) is 12.3 Å². The Bertz CT molecular complexity index is 675. The second-order valence-electron chi connectivity index (χ2n) is 4.89. The van der Waals surface area contributed by atoms with E-state index in [-0.39, 0.29) is 5.56 Å². The monoisotopic (exact) mass is 326 g/mol. The summed E-state index contributed by atoms with van der Waals surface area (Å²) < 4.78 is 32.2. The summed E-state index contributed by atoms with van der Waals surface area (Å²) in [5, 5.41) is 2.67. The molecule has 0 spiro atoms. The second kappa shape index (κ2) is 6.93. The van der Waals surface area contributed by atoms with Crippen LogP contribution in [0.15, 0.2) is 23.6 Å². The van der Waals surface area contributed by atoms with Gasteiger partial charge in [-0.05, 0) is 32.2 Å². The highest BCUT2D eigenvalue weighted by molar-refractivity contribution is 7.09. The zero-order valence-electron chi connectivity index (χ0n) is 12.5. The van der Waals surface area contributed by atoms with Gasteiger partial charge in [-0.3, -0.25) is 4.90 Å². The predicted octanol–water partition coefficient (Wildman–Crippen LogP) is 3.08. The molecule has 0 saturated carbocycles. The predicted molar refractivity (Wildman–Crippen MR) is 79.4 cm³/mol. The summed E-state index contributed by atoms with van der Waals surface area (Å²) in [6, 6.07) is 1.99. The fraction of sp³-hybridized carbons (Fsp3) is 0.333. The molecule has 1 aromatic heterocycles. The van der Waals surface area contributed by atoms with E-state index in [1.54, 1.807) is 11.9 Å². The molecule has 0 radical (unpaired) electrons. The quantitative estimate of drug-likeness (QED) is 0.792. The lowest BCUT2D eigenvalue weighted by Crippen LogP contribution is -2.32. The van der Waals surface area contributed by atoms with Crippen molar-refractivity contribution in [1.82, 2.24) is 9.88 Å². The largest absolute Gasteiger partial charge is 0.468 e. The molecule has 4 nitrogen and oxygen atoms in total. The number of methoxy groups -OCH3 is 1. The number of rotatable bonds is 5. The fourth-order valence-corrected chi connectivity index (χ4v) is 2.99. The molecule has 0 N–H and O–H groups in total. The molecule has 118 valence electrons. The third-order valence-electron chi connectivity index (χ3n) is 3.17. The number of esters is 1. The number of carbonyl (C=O) groups is 1. The van der Waals surface area contributed by atoms with Crippen LogP contribution in [0.2, 0.25) is 0 Å². The zero-order chi connectivity index (χ0) is 16.3. The Balaban J connectivity index is 2.33. The number of carbonyl (C=O) groups excluding carboxylic acids is 1. The van der Waals surface area contributed by atoms with Crippen LogP contribution in [-0.2, 0) is 16.1 Å². The molecule has 2 rings (SSSR count). The van der Waals surface area contributed by atoms with Gasteiger partial charge in [-0.25, -0.2) is 18.6 Å². The van der Waals surface area contributed by atoms with E-state index in [0.29, 0.717) is 6.54 Å². The molecular formula is C15H16F2N2O2S. The maximum absolute atomic E-state index is 14.0. The Morgan fingerprint density at radius 3 is 2.77 bits per heavy atom. The van der Waals surface area contributed by atoms with Crippen molar-refractivity contribution in [1.29, 1.82) is 0 Å². The molecule has 0 amide bonds. The minimum atomic E-state index is -1.04. The fourth-order valence-electron chi connectivity index (χ4n) is 2.16. The van der Waals surface area contributed by atoms with Gasteiger partial charge in [-0.2, -0.15) is 0 Å². The van der Waals surface area contributed by atoms with E-state index >= 15 is 0 Å². The number of aromatic nitrogens is 1. The molecule has 0 bridgehead atoms. The van der Waals surface area contributed by atoms with Gasteiger partial charge in [0.1, 0.15) is 22.7 Å². The van der Waals surface area contributed by atoms with Gasteiger partial charge in [0, 0.05) is 16.6 Å². The molecule has 0 fully saturated rings.